The number of aliphatic carboxylic acids is 3. The molecule has 1 saturated heterocycles. The van der Waals surface area contributed by atoms with Crippen LogP contribution < -0.4 is 9.47 Å². The second-order valence-corrected chi connectivity index (χ2v) is 12.2. The van der Waals surface area contributed by atoms with Gasteiger partial charge in [0.1, 0.15) is 13.2 Å². The molecule has 0 radical (unpaired) electrons. The smallest absolute Gasteiger partial charge is 0.317 e. The fourth-order valence-corrected chi connectivity index (χ4v) is 5.57. The van der Waals surface area contributed by atoms with E-state index in [1.54, 1.807) is 37.7 Å². The Morgan fingerprint density at radius 1 is 0.558 bits per heavy atom. The van der Waals surface area contributed by atoms with Crippen molar-refractivity contribution in [1.82, 2.24) is 34.6 Å². The Balaban J connectivity index is 1.45. The minimum absolute atomic E-state index is 0.192. The molecule has 2 aliphatic heterocycles. The van der Waals surface area contributed by atoms with Gasteiger partial charge in [-0.25, -0.2) is 4.68 Å². The van der Waals surface area contributed by atoms with Crippen LogP contribution in [0.5, 0.6) is 11.5 Å². The number of hydrogen-bond donors (Lipinski definition) is 3. The molecule has 0 spiro atoms. The number of nitrogens with zero attached hydrogens (tertiary/aromatic N) is 7. The molecule has 19 nitrogen and oxygen atoms in total. The molecule has 4 rings (SSSR count). The van der Waals surface area contributed by atoms with E-state index in [1.165, 1.54) is 0 Å². The van der Waals surface area contributed by atoms with Crippen LogP contribution in [0.2, 0.25) is 0 Å². The molecule has 0 aliphatic carbocycles. The monoisotopic (exact) mass is 737 g/mol. The highest BCUT2D eigenvalue weighted by Crippen LogP contribution is 2.30. The molecule has 2 aromatic rings. The number of hydrogen-bond acceptors (Lipinski definition) is 15. The number of rotatable bonds is 9. The Kier molecular flexibility index (Phi) is 18.0. The van der Waals surface area contributed by atoms with Crippen LogP contribution in [0.4, 0.5) is 0 Å². The van der Waals surface area contributed by atoms with Crippen molar-refractivity contribution in [2.24, 2.45) is 0 Å². The highest BCUT2D eigenvalue weighted by atomic mass is 16.6. The van der Waals surface area contributed by atoms with Crippen molar-refractivity contribution in [3.05, 3.63) is 30.1 Å². The van der Waals surface area contributed by atoms with E-state index in [4.69, 9.17) is 28.4 Å². The van der Waals surface area contributed by atoms with Gasteiger partial charge in [-0.15, -0.1) is 5.10 Å². The topological polar surface area (TPSA) is 211 Å². The zero-order chi connectivity index (χ0) is 37.0. The molecule has 1 fully saturated rings. The van der Waals surface area contributed by atoms with Crippen molar-refractivity contribution in [2.75, 3.05) is 138 Å². The molecule has 3 N–H and O–H groups in total. The van der Waals surface area contributed by atoms with Crippen molar-refractivity contribution in [3.8, 4) is 17.2 Å². The summed E-state index contributed by atoms with van der Waals surface area (Å²) >= 11 is 0. The maximum absolute atomic E-state index is 11.6. The second kappa shape index (κ2) is 22.9. The Labute approximate surface area is 302 Å². The first kappa shape index (κ1) is 40.8. The van der Waals surface area contributed by atoms with E-state index in [0.717, 1.165) is 0 Å². The maximum atomic E-state index is 11.6. The lowest BCUT2D eigenvalue weighted by atomic mass is 10.2. The van der Waals surface area contributed by atoms with E-state index in [2.05, 4.69) is 15.2 Å². The van der Waals surface area contributed by atoms with Crippen molar-refractivity contribution in [1.29, 1.82) is 0 Å². The summed E-state index contributed by atoms with van der Waals surface area (Å²) in [6.07, 6.45) is 1.80. The van der Waals surface area contributed by atoms with Crippen LogP contribution in [0.25, 0.3) is 5.69 Å². The molecule has 1 aromatic heterocycles. The zero-order valence-corrected chi connectivity index (χ0v) is 29.5. The molecule has 0 saturated carbocycles. The molecular weight excluding hydrogens is 686 g/mol. The summed E-state index contributed by atoms with van der Waals surface area (Å²) < 4.78 is 35.8. The van der Waals surface area contributed by atoms with Crippen LogP contribution in [-0.4, -0.2) is 206 Å². The van der Waals surface area contributed by atoms with Gasteiger partial charge in [-0.2, -0.15) is 0 Å². The Morgan fingerprint density at radius 3 is 1.40 bits per heavy atom. The van der Waals surface area contributed by atoms with Crippen LogP contribution in [0.3, 0.4) is 0 Å². The summed E-state index contributed by atoms with van der Waals surface area (Å²) in [4.78, 5) is 42.1. The first-order valence-corrected chi connectivity index (χ1v) is 17.4. The van der Waals surface area contributed by atoms with E-state index in [1.807, 2.05) is 6.07 Å². The first-order chi connectivity index (χ1) is 25.2. The highest BCUT2D eigenvalue weighted by molar-refractivity contribution is 5.70. The van der Waals surface area contributed by atoms with Gasteiger partial charge in [-0.1, -0.05) is 5.21 Å². The standard InChI is InChI=1S/C33H51N7O12/c41-31(42)24-37-5-3-36(4-6-38(25-32(43)44)8-10-39(9-7-37)26-33(45)46)22-27-23-40(35-34-27)28-1-2-29-30(21-28)52-20-18-50-16-14-48-12-11-47-13-15-49-17-19-51-29/h1-2,21,23H,3-20,22,24-26H2,(H,41,42)(H,43,44)(H,45,46). The van der Waals surface area contributed by atoms with Gasteiger partial charge < -0.3 is 43.7 Å². The number of aromatic nitrogens is 3. The van der Waals surface area contributed by atoms with Crippen molar-refractivity contribution < 1.29 is 58.1 Å². The van der Waals surface area contributed by atoms with Crippen molar-refractivity contribution in [3.63, 3.8) is 0 Å². The average molecular weight is 738 g/mol. The summed E-state index contributed by atoms with van der Waals surface area (Å²) in [5.41, 5.74) is 1.34. The van der Waals surface area contributed by atoms with Gasteiger partial charge in [0, 0.05) is 65.0 Å². The summed E-state index contributed by atoms with van der Waals surface area (Å²) in [6.45, 7) is 6.92. The Bertz CT molecular complexity index is 1350. The van der Waals surface area contributed by atoms with Gasteiger partial charge in [0.25, 0.3) is 0 Å². The summed E-state index contributed by atoms with van der Waals surface area (Å²) in [7, 11) is 0. The Hall–Kier alpha value is -3.95. The van der Waals surface area contributed by atoms with Crippen LogP contribution >= 0.6 is 0 Å². The number of carboxylic acids is 3. The molecule has 52 heavy (non-hydrogen) atoms. The van der Waals surface area contributed by atoms with Crippen LogP contribution in [0.1, 0.15) is 5.69 Å². The van der Waals surface area contributed by atoms with E-state index in [9.17, 15) is 29.7 Å². The molecule has 1 aromatic carbocycles. The van der Waals surface area contributed by atoms with E-state index in [0.29, 0.717) is 141 Å². The van der Waals surface area contributed by atoms with Crippen molar-refractivity contribution >= 4 is 17.9 Å². The number of benzene rings is 1. The normalized spacial score (nSPS) is 19.8. The third kappa shape index (κ3) is 15.7. The summed E-state index contributed by atoms with van der Waals surface area (Å²) in [6, 6.07) is 5.44. The van der Waals surface area contributed by atoms with Crippen LogP contribution in [0.15, 0.2) is 24.4 Å². The maximum Gasteiger partial charge on any atom is 0.317 e. The molecule has 0 amide bonds. The fourth-order valence-electron chi connectivity index (χ4n) is 5.57. The number of fused-ring (bicyclic) bond motifs is 1. The molecule has 0 unspecified atom stereocenters. The second-order valence-electron chi connectivity index (χ2n) is 12.2. The van der Waals surface area contributed by atoms with Gasteiger partial charge in [0.05, 0.1) is 90.1 Å². The Morgan fingerprint density at radius 2 is 0.962 bits per heavy atom. The van der Waals surface area contributed by atoms with E-state index < -0.39 is 17.9 Å². The van der Waals surface area contributed by atoms with E-state index in [-0.39, 0.29) is 26.2 Å². The third-order valence-corrected chi connectivity index (χ3v) is 8.21. The minimum Gasteiger partial charge on any atom is -0.487 e. The molecule has 19 heteroatoms. The average Bonchev–Trinajstić information content (AvgIpc) is 3.57. The highest BCUT2D eigenvalue weighted by Gasteiger charge is 2.21. The number of carboxylic acid groups (broad SMARTS) is 3. The third-order valence-electron chi connectivity index (χ3n) is 8.21. The van der Waals surface area contributed by atoms with Crippen molar-refractivity contribution in [2.45, 2.75) is 6.54 Å². The van der Waals surface area contributed by atoms with Gasteiger partial charge in [0.15, 0.2) is 11.5 Å². The number of ether oxygens (including phenoxy) is 6. The molecule has 290 valence electrons. The quantitative estimate of drug-likeness (QED) is 0.284. The molecule has 0 atom stereocenters. The van der Waals surface area contributed by atoms with Gasteiger partial charge in [0.2, 0.25) is 0 Å². The molecular formula is C33H51N7O12. The lowest BCUT2D eigenvalue weighted by molar-refractivity contribution is -0.140. The lowest BCUT2D eigenvalue weighted by Gasteiger charge is -2.32. The molecule has 2 aliphatic rings. The fraction of sp³-hybridized carbons (Fsp3) is 0.667. The predicted octanol–water partition coefficient (Wildman–Crippen LogP) is -0.920. The van der Waals surface area contributed by atoms with Gasteiger partial charge in [-0.05, 0) is 12.1 Å². The summed E-state index contributed by atoms with van der Waals surface area (Å²) in [5.74, 6) is -1.92. The SMILES string of the molecule is O=C(O)CN1CCN(CC(=O)O)CCN(Cc2cn(-c3ccc4c(c3)OCCOCCOCCOCCOCCO4)nn2)CCN(CC(=O)O)CC1. The van der Waals surface area contributed by atoms with Crippen LogP contribution in [0, 0.1) is 0 Å². The molecule has 0 bridgehead atoms. The zero-order valence-electron chi connectivity index (χ0n) is 29.5. The van der Waals surface area contributed by atoms with Gasteiger partial charge in [-0.3, -0.25) is 34.0 Å². The van der Waals surface area contributed by atoms with Crippen LogP contribution in [-0.2, 0) is 39.9 Å². The lowest BCUT2D eigenvalue weighted by Crippen LogP contribution is -2.48. The van der Waals surface area contributed by atoms with Gasteiger partial charge >= 0.3 is 17.9 Å². The van der Waals surface area contributed by atoms with E-state index >= 15 is 0 Å². The number of carbonyl (C=O) groups is 3. The minimum atomic E-state index is -1.00. The molecule has 3 heterocycles. The predicted molar refractivity (Wildman–Crippen MR) is 183 cm³/mol. The largest absolute Gasteiger partial charge is 0.487 e. The first-order valence-electron chi connectivity index (χ1n) is 17.4. The summed E-state index contributed by atoms with van der Waals surface area (Å²) in [5, 5.41) is 37.2.